The van der Waals surface area contributed by atoms with E-state index in [1.54, 1.807) is 24.3 Å². The van der Waals surface area contributed by atoms with Crippen LogP contribution in [-0.4, -0.2) is 24.9 Å². The largest absolute Gasteiger partial charge is 0.504 e. The van der Waals surface area contributed by atoms with Gasteiger partial charge in [0.15, 0.2) is 11.5 Å². The van der Waals surface area contributed by atoms with E-state index in [1.807, 2.05) is 36.4 Å². The Hall–Kier alpha value is -3.80. The number of benzene rings is 3. The highest BCUT2D eigenvalue weighted by Gasteiger charge is 2.20. The molecule has 0 fully saturated rings. The first-order chi connectivity index (χ1) is 13.1. The fraction of sp³-hybridized carbons (Fsp3) is 0.0476. The van der Waals surface area contributed by atoms with Crippen LogP contribution in [-0.2, 0) is 6.42 Å². The van der Waals surface area contributed by atoms with Gasteiger partial charge in [0, 0.05) is 12.5 Å². The number of phenols is 3. The monoisotopic (exact) mass is 360 g/mol. The standard InChI is InChI=1S/C21H16N2O4/c24-16-12-15-18(20(26)19(16)25)21(27)23(14-9-5-2-6-10-14)17(22-15)11-13-7-3-1-4-8-13/h1-10,12,24-26H,11H2. The molecule has 0 amide bonds. The van der Waals surface area contributed by atoms with Gasteiger partial charge in [-0.25, -0.2) is 4.98 Å². The molecule has 27 heavy (non-hydrogen) atoms. The Labute approximate surface area is 154 Å². The quantitative estimate of drug-likeness (QED) is 0.488. The molecule has 0 aliphatic carbocycles. The average molecular weight is 360 g/mol. The summed E-state index contributed by atoms with van der Waals surface area (Å²) in [5.74, 6) is -1.50. The zero-order chi connectivity index (χ0) is 19.0. The Balaban J connectivity index is 2.06. The number of phenolic OH excluding ortho intramolecular Hbond substituents is 3. The SMILES string of the molecule is O=c1c2c(O)c(O)c(O)cc2nc(Cc2ccccc2)n1-c1ccccc1. The molecule has 6 heteroatoms. The molecule has 0 spiro atoms. The minimum absolute atomic E-state index is 0.117. The van der Waals surface area contributed by atoms with Crippen molar-refractivity contribution in [2.45, 2.75) is 6.42 Å². The number of fused-ring (bicyclic) bond motifs is 1. The molecule has 0 saturated heterocycles. The molecule has 0 atom stereocenters. The Morgan fingerprint density at radius 3 is 2.15 bits per heavy atom. The smallest absolute Gasteiger partial charge is 0.269 e. The number of hydrogen-bond donors (Lipinski definition) is 3. The summed E-state index contributed by atoms with van der Waals surface area (Å²) in [6.45, 7) is 0. The summed E-state index contributed by atoms with van der Waals surface area (Å²) in [5.41, 5.74) is 1.14. The second kappa shape index (κ2) is 6.49. The van der Waals surface area contributed by atoms with E-state index in [-0.39, 0.29) is 10.9 Å². The lowest BCUT2D eigenvalue weighted by Crippen LogP contribution is -2.24. The van der Waals surface area contributed by atoms with Crippen molar-refractivity contribution in [3.63, 3.8) is 0 Å². The summed E-state index contributed by atoms with van der Waals surface area (Å²) in [7, 11) is 0. The topological polar surface area (TPSA) is 95.6 Å². The number of rotatable bonds is 3. The van der Waals surface area contributed by atoms with Gasteiger partial charge in [0.2, 0.25) is 5.75 Å². The van der Waals surface area contributed by atoms with Crippen molar-refractivity contribution in [2.75, 3.05) is 0 Å². The normalized spacial score (nSPS) is 11.0. The lowest BCUT2D eigenvalue weighted by Gasteiger charge is -2.15. The van der Waals surface area contributed by atoms with Gasteiger partial charge < -0.3 is 15.3 Å². The average Bonchev–Trinajstić information content (AvgIpc) is 2.67. The Bertz CT molecular complexity index is 1190. The minimum atomic E-state index is -0.739. The van der Waals surface area contributed by atoms with Crippen molar-refractivity contribution >= 4 is 10.9 Å². The predicted octanol–water partition coefficient (Wildman–Crippen LogP) is 3.09. The molecule has 134 valence electrons. The highest BCUT2D eigenvalue weighted by Crippen LogP contribution is 2.39. The summed E-state index contributed by atoms with van der Waals surface area (Å²) < 4.78 is 1.41. The van der Waals surface area contributed by atoms with E-state index in [9.17, 15) is 20.1 Å². The molecule has 0 bridgehead atoms. The lowest BCUT2D eigenvalue weighted by molar-refractivity contribution is 0.371. The second-order valence-electron chi connectivity index (χ2n) is 6.15. The maximum absolute atomic E-state index is 13.2. The molecule has 3 aromatic carbocycles. The highest BCUT2D eigenvalue weighted by atomic mass is 16.3. The Morgan fingerprint density at radius 2 is 1.48 bits per heavy atom. The number of aromatic nitrogens is 2. The second-order valence-corrected chi connectivity index (χ2v) is 6.15. The first-order valence-corrected chi connectivity index (χ1v) is 8.35. The Morgan fingerprint density at radius 1 is 0.852 bits per heavy atom. The molecule has 1 aromatic heterocycles. The van der Waals surface area contributed by atoms with E-state index in [2.05, 4.69) is 4.98 Å². The van der Waals surface area contributed by atoms with Crippen LogP contribution in [0.4, 0.5) is 0 Å². The third kappa shape index (κ3) is 2.87. The van der Waals surface area contributed by atoms with Crippen molar-refractivity contribution in [3.8, 4) is 22.9 Å². The van der Waals surface area contributed by atoms with Crippen molar-refractivity contribution in [1.82, 2.24) is 9.55 Å². The molecule has 0 aliphatic rings. The van der Waals surface area contributed by atoms with Gasteiger partial charge in [-0.05, 0) is 17.7 Å². The zero-order valence-corrected chi connectivity index (χ0v) is 14.2. The van der Waals surface area contributed by atoms with Gasteiger partial charge in [0.1, 0.15) is 11.2 Å². The van der Waals surface area contributed by atoms with Crippen molar-refractivity contribution in [1.29, 1.82) is 0 Å². The van der Waals surface area contributed by atoms with E-state index in [0.717, 1.165) is 5.56 Å². The lowest BCUT2D eigenvalue weighted by atomic mass is 10.1. The predicted molar refractivity (Wildman–Crippen MR) is 102 cm³/mol. The van der Waals surface area contributed by atoms with E-state index >= 15 is 0 Å². The maximum Gasteiger partial charge on any atom is 0.269 e. The van der Waals surface area contributed by atoms with Gasteiger partial charge in [-0.15, -0.1) is 0 Å². The highest BCUT2D eigenvalue weighted by molar-refractivity contribution is 5.89. The molecule has 3 N–H and O–H groups in total. The van der Waals surface area contributed by atoms with Gasteiger partial charge in [-0.3, -0.25) is 9.36 Å². The van der Waals surface area contributed by atoms with Gasteiger partial charge >= 0.3 is 0 Å². The first-order valence-electron chi connectivity index (χ1n) is 8.35. The van der Waals surface area contributed by atoms with Gasteiger partial charge in [-0.2, -0.15) is 0 Å². The molecule has 0 radical (unpaired) electrons. The first kappa shape index (κ1) is 16.7. The van der Waals surface area contributed by atoms with Crippen molar-refractivity contribution in [2.24, 2.45) is 0 Å². The van der Waals surface area contributed by atoms with Gasteiger partial charge in [0.05, 0.1) is 11.2 Å². The minimum Gasteiger partial charge on any atom is -0.504 e. The summed E-state index contributed by atoms with van der Waals surface area (Å²) >= 11 is 0. The van der Waals surface area contributed by atoms with Crippen molar-refractivity contribution in [3.05, 3.63) is 88.5 Å². The number of hydrogen-bond acceptors (Lipinski definition) is 5. The third-order valence-corrected chi connectivity index (χ3v) is 4.38. The van der Waals surface area contributed by atoms with E-state index in [0.29, 0.717) is 17.9 Å². The molecule has 4 aromatic rings. The molecular formula is C21H16N2O4. The van der Waals surface area contributed by atoms with Crippen LogP contribution < -0.4 is 5.56 Å². The van der Waals surface area contributed by atoms with Crippen LogP contribution in [0.2, 0.25) is 0 Å². The number of nitrogens with zero attached hydrogens (tertiary/aromatic N) is 2. The fourth-order valence-corrected chi connectivity index (χ4v) is 3.09. The Kier molecular flexibility index (Phi) is 4.01. The number of para-hydroxylation sites is 1. The summed E-state index contributed by atoms with van der Waals surface area (Å²) in [6, 6.07) is 19.7. The van der Waals surface area contributed by atoms with Gasteiger partial charge in [-0.1, -0.05) is 48.5 Å². The summed E-state index contributed by atoms with van der Waals surface area (Å²) in [5, 5.41) is 29.7. The summed E-state index contributed by atoms with van der Waals surface area (Å²) in [6.07, 6.45) is 0.378. The molecule has 0 saturated carbocycles. The summed E-state index contributed by atoms with van der Waals surface area (Å²) in [4.78, 5) is 17.7. The van der Waals surface area contributed by atoms with Gasteiger partial charge in [0.25, 0.3) is 5.56 Å². The molecule has 0 unspecified atom stereocenters. The van der Waals surface area contributed by atoms with E-state index < -0.39 is 22.8 Å². The maximum atomic E-state index is 13.2. The third-order valence-electron chi connectivity index (χ3n) is 4.38. The molecular weight excluding hydrogens is 344 g/mol. The van der Waals surface area contributed by atoms with Crippen LogP contribution in [0.3, 0.4) is 0 Å². The van der Waals surface area contributed by atoms with Crippen LogP contribution in [0.1, 0.15) is 11.4 Å². The van der Waals surface area contributed by atoms with E-state index in [1.165, 1.54) is 10.6 Å². The number of aromatic hydroxyl groups is 3. The van der Waals surface area contributed by atoms with Crippen LogP contribution in [0.25, 0.3) is 16.6 Å². The van der Waals surface area contributed by atoms with Crippen molar-refractivity contribution < 1.29 is 15.3 Å². The molecule has 6 nitrogen and oxygen atoms in total. The van der Waals surface area contributed by atoms with Crippen LogP contribution in [0, 0.1) is 0 Å². The molecule has 0 aliphatic heterocycles. The van der Waals surface area contributed by atoms with Crippen LogP contribution in [0.15, 0.2) is 71.5 Å². The zero-order valence-electron chi connectivity index (χ0n) is 14.2. The molecule has 1 heterocycles. The molecule has 4 rings (SSSR count). The van der Waals surface area contributed by atoms with Crippen LogP contribution >= 0.6 is 0 Å². The van der Waals surface area contributed by atoms with E-state index in [4.69, 9.17) is 0 Å². The fourth-order valence-electron chi connectivity index (χ4n) is 3.09. The van der Waals surface area contributed by atoms with Crippen LogP contribution in [0.5, 0.6) is 17.2 Å².